The van der Waals surface area contributed by atoms with Gasteiger partial charge in [0.2, 0.25) is 0 Å². The van der Waals surface area contributed by atoms with E-state index in [1.54, 1.807) is 23.3 Å². The number of hydrogen-bond acceptors (Lipinski definition) is 0. The average molecular weight is 1020 g/mol. The van der Waals surface area contributed by atoms with E-state index in [0.29, 0.717) is 11.8 Å². The zero-order valence-corrected chi connectivity index (χ0v) is 44.6. The summed E-state index contributed by atoms with van der Waals surface area (Å²) in [5.74, 6) is 1.08. The van der Waals surface area contributed by atoms with Gasteiger partial charge in [-0.2, -0.15) is 12.1 Å². The van der Waals surface area contributed by atoms with Crippen LogP contribution in [0.1, 0.15) is 60.8 Å². The molecule has 10 rings (SSSR count). The van der Waals surface area contributed by atoms with Gasteiger partial charge in [-0.1, -0.05) is 253 Å². The summed E-state index contributed by atoms with van der Waals surface area (Å²) < 4.78 is 0. The Morgan fingerprint density at radius 3 is 0.912 bits per heavy atom. The maximum Gasteiger partial charge on any atom is -1.00 e. The molecule has 2 unspecified atom stereocenters. The van der Waals surface area contributed by atoms with Crippen molar-refractivity contribution in [3.05, 3.63) is 253 Å². The number of benzene rings is 8. The van der Waals surface area contributed by atoms with Gasteiger partial charge < -0.3 is 24.8 Å². The molecule has 0 nitrogen and oxygen atoms in total. The molecule has 0 saturated carbocycles. The van der Waals surface area contributed by atoms with Gasteiger partial charge in [0.05, 0.1) is 0 Å². The Bertz CT molecular complexity index is 2710. The van der Waals surface area contributed by atoms with Crippen molar-refractivity contribution < 1.29 is 48.1 Å². The summed E-state index contributed by atoms with van der Waals surface area (Å²) in [5, 5.41) is 5.41. The van der Waals surface area contributed by atoms with E-state index in [0.717, 1.165) is 25.7 Å². The molecular formula is C64H60Cl2SiZr-2. The summed E-state index contributed by atoms with van der Waals surface area (Å²) in [5.41, 5.74) is 16.3. The topological polar surface area (TPSA) is 0 Å². The Labute approximate surface area is 433 Å². The molecule has 4 heteroatoms. The van der Waals surface area contributed by atoms with E-state index >= 15 is 0 Å². The van der Waals surface area contributed by atoms with Crippen molar-refractivity contribution in [1.29, 1.82) is 0 Å². The van der Waals surface area contributed by atoms with Crippen molar-refractivity contribution in [3.63, 3.8) is 0 Å². The molecule has 10 aromatic carbocycles. The van der Waals surface area contributed by atoms with E-state index in [1.807, 2.05) is 0 Å². The predicted octanol–water partition coefficient (Wildman–Crippen LogP) is 12.1. The van der Waals surface area contributed by atoms with E-state index in [4.69, 9.17) is 0 Å². The fourth-order valence-electron chi connectivity index (χ4n) is 9.45. The zero-order valence-electron chi connectivity index (χ0n) is 39.7. The molecule has 68 heavy (non-hydrogen) atoms. The summed E-state index contributed by atoms with van der Waals surface area (Å²) in [4.78, 5) is 0. The van der Waals surface area contributed by atoms with Crippen molar-refractivity contribution in [2.75, 3.05) is 0 Å². The van der Waals surface area contributed by atoms with E-state index in [1.165, 1.54) is 88.3 Å². The first-order valence-electron chi connectivity index (χ1n) is 23.7. The Morgan fingerprint density at radius 1 is 0.382 bits per heavy atom. The smallest absolute Gasteiger partial charge is 1.00 e. The van der Waals surface area contributed by atoms with Crippen molar-refractivity contribution in [2.45, 2.75) is 64.5 Å². The summed E-state index contributed by atoms with van der Waals surface area (Å²) in [6.45, 7) is 9.21. The molecule has 0 saturated heterocycles. The molecule has 0 spiro atoms. The molecule has 0 N–H and O–H groups in total. The van der Waals surface area contributed by atoms with Gasteiger partial charge in [0.25, 0.3) is 0 Å². The predicted molar refractivity (Wildman–Crippen MR) is 285 cm³/mol. The molecule has 0 heterocycles. The third-order valence-electron chi connectivity index (χ3n) is 12.7. The van der Waals surface area contributed by atoms with Gasteiger partial charge in [-0.05, 0) is 59.8 Å². The fourth-order valence-corrected chi connectivity index (χ4v) is 9.45. The quantitative estimate of drug-likeness (QED) is 0.0845. The Morgan fingerprint density at radius 2 is 0.632 bits per heavy atom. The maximum absolute atomic E-state index is 2.43. The number of halogens is 2. The molecular weight excluding hydrogens is 959 g/mol. The zero-order chi connectivity index (χ0) is 45.7. The second-order valence-corrected chi connectivity index (χ2v) is 27.0. The monoisotopic (exact) mass is 1020 g/mol. The Kier molecular flexibility index (Phi) is 19.8. The minimum atomic E-state index is 0. The summed E-state index contributed by atoms with van der Waals surface area (Å²) >= 11 is 1.74. The largest absolute Gasteiger partial charge is 1.00 e. The first kappa shape index (κ1) is 52.0. The van der Waals surface area contributed by atoms with Gasteiger partial charge in [0.15, 0.2) is 0 Å². The molecule has 10 aromatic rings. The Hall–Kier alpha value is -5.34. The molecule has 2 atom stereocenters. The van der Waals surface area contributed by atoms with Gasteiger partial charge in [0, 0.05) is 0 Å². The summed E-state index contributed by atoms with van der Waals surface area (Å²) in [6.07, 6.45) is 4.42. The molecule has 0 aliphatic heterocycles. The maximum atomic E-state index is 2.43. The molecule has 0 fully saturated rings. The van der Waals surface area contributed by atoms with Gasteiger partial charge >= 0.3 is 41.9 Å². The number of fused-ring (bicyclic) bond motifs is 2. The van der Waals surface area contributed by atoms with Crippen molar-refractivity contribution >= 4 is 27.0 Å². The standard InChI is InChI=1S/2C31H27.C2H6Si.2ClH.Zr/c2*1-2-24(25-12-6-3-7-13-25)20-23-21-30-28(26-14-8-4-9-15-26)18-19-29(31(30)22-23)27-16-10-5-11-17-27;1-3-2;;;/h2*3-19,21-22,24H,2,20H2,1H3;1-2H3;2*1H;/q2*-1;;;;+2/p-2. The van der Waals surface area contributed by atoms with Crippen molar-refractivity contribution in [1.82, 2.24) is 0 Å². The first-order valence-corrected chi connectivity index (χ1v) is 29.9. The van der Waals surface area contributed by atoms with Crippen LogP contribution in [0.15, 0.2) is 231 Å². The van der Waals surface area contributed by atoms with Crippen LogP contribution in [0.4, 0.5) is 0 Å². The van der Waals surface area contributed by atoms with Crippen LogP contribution in [-0.2, 0) is 36.2 Å². The van der Waals surface area contributed by atoms with Crippen LogP contribution in [0.25, 0.3) is 66.1 Å². The van der Waals surface area contributed by atoms with Gasteiger partial charge in [-0.3, -0.25) is 0 Å². The minimum absolute atomic E-state index is 0. The molecule has 0 aliphatic rings. The van der Waals surface area contributed by atoms with Crippen molar-refractivity contribution in [2.24, 2.45) is 0 Å². The van der Waals surface area contributed by atoms with Crippen LogP contribution in [0.2, 0.25) is 13.1 Å². The van der Waals surface area contributed by atoms with Gasteiger partial charge in [-0.15, -0.1) is 44.8 Å². The minimum Gasteiger partial charge on any atom is -1.00 e. The molecule has 0 amide bonds. The average Bonchev–Trinajstić information content (AvgIpc) is 4.01. The van der Waals surface area contributed by atoms with Crippen LogP contribution in [0.3, 0.4) is 0 Å². The van der Waals surface area contributed by atoms with E-state index in [-0.39, 0.29) is 30.2 Å². The normalized spacial score (nSPS) is 11.5. The van der Waals surface area contributed by atoms with Crippen LogP contribution < -0.4 is 24.8 Å². The van der Waals surface area contributed by atoms with E-state index in [2.05, 4.69) is 257 Å². The Balaban J connectivity index is 0.000000202. The molecule has 0 radical (unpaired) electrons. The van der Waals surface area contributed by atoms with Crippen LogP contribution in [0, 0.1) is 0 Å². The van der Waals surface area contributed by atoms with E-state index < -0.39 is 0 Å². The third-order valence-corrected chi connectivity index (χ3v) is 12.7. The SMILES string of the molecule is CCC(Cc1cc2c(-c3ccccc3)ccc(-c3ccccc3)c2[cH-]1)c1ccccc1.CCC(Cc1cc2c(-c3ccccc3)ccc(-c3ccccc3)c2[cH-]1)c1ccccc1.C[Si](C)=[Zr+2].[Cl-].[Cl-]. The second-order valence-electron chi connectivity index (χ2n) is 17.6. The summed E-state index contributed by atoms with van der Waals surface area (Å²) in [6, 6.07) is 83.8. The van der Waals surface area contributed by atoms with E-state index in [9.17, 15) is 0 Å². The molecule has 0 bridgehead atoms. The van der Waals surface area contributed by atoms with Crippen molar-refractivity contribution in [3.8, 4) is 44.5 Å². The van der Waals surface area contributed by atoms with Crippen LogP contribution in [-0.4, -0.2) is 5.43 Å². The second kappa shape index (κ2) is 25.9. The molecule has 340 valence electrons. The van der Waals surface area contributed by atoms with Crippen LogP contribution >= 0.6 is 0 Å². The van der Waals surface area contributed by atoms with Crippen LogP contribution in [0.5, 0.6) is 0 Å². The molecule has 0 aliphatic carbocycles. The number of rotatable bonds is 12. The third kappa shape index (κ3) is 13.0. The summed E-state index contributed by atoms with van der Waals surface area (Å²) in [7, 11) is 0. The first-order chi connectivity index (χ1) is 32.4. The number of hydrogen-bond donors (Lipinski definition) is 0. The van der Waals surface area contributed by atoms with Gasteiger partial charge in [-0.25, -0.2) is 0 Å². The fraction of sp³-hybridized carbons (Fsp3) is 0.156. The van der Waals surface area contributed by atoms with Gasteiger partial charge in [0.1, 0.15) is 0 Å². The molecule has 0 aromatic heterocycles.